The largest absolute Gasteiger partial charge is 0.408 e. The molecule has 1 amide bonds. The van der Waals surface area contributed by atoms with Crippen LogP contribution in [0.5, 0.6) is 0 Å². The van der Waals surface area contributed by atoms with Gasteiger partial charge in [0.1, 0.15) is 17.4 Å². The second-order valence-corrected chi connectivity index (χ2v) is 9.81. The molecule has 3 fully saturated rings. The number of aromatic nitrogens is 3. The number of aliphatic hydroxyl groups is 1. The Kier molecular flexibility index (Phi) is 4.91. The Hall–Kier alpha value is -3.54. The number of anilines is 1. The third-order valence-corrected chi connectivity index (χ3v) is 7.21. The van der Waals surface area contributed by atoms with Gasteiger partial charge in [-0.2, -0.15) is 13.2 Å². The van der Waals surface area contributed by atoms with Crippen LogP contribution in [0, 0.1) is 17.7 Å². The Morgan fingerprint density at radius 1 is 1.25 bits per heavy atom. The third kappa shape index (κ3) is 3.80. The minimum atomic E-state index is -4.67. The molecule has 6 rings (SSSR count). The fraction of sp³-hybridized carbons (Fsp3) is 0.417. The Balaban J connectivity index is 1.46. The predicted molar refractivity (Wildman–Crippen MR) is 120 cm³/mol. The standard InChI is InChI=1S/C24H21F4N5O3/c25-16-2-1-7-29-21(16)33-10-15(22(35)31-19(12-3-4-12)24(26,27)28)18(34)14-5-6-17(30-20(14)33)32-9-13-8-23(13,36)11-32/h1-2,5-7,10,12-13,19,36H,3-4,8-9,11H2,(H,31,35)/t13?,19?,23-/m1/s1. The number of rotatable bonds is 5. The number of nitrogens with zero attached hydrogens (tertiary/aromatic N) is 4. The van der Waals surface area contributed by atoms with Gasteiger partial charge in [0.25, 0.3) is 5.91 Å². The summed E-state index contributed by atoms with van der Waals surface area (Å²) in [5.41, 5.74) is -2.17. The quantitative estimate of drug-likeness (QED) is 0.520. The summed E-state index contributed by atoms with van der Waals surface area (Å²) in [6.45, 7) is 0.927. The van der Waals surface area contributed by atoms with Crippen molar-refractivity contribution in [3.63, 3.8) is 0 Å². The van der Waals surface area contributed by atoms with Gasteiger partial charge in [0.05, 0.1) is 11.0 Å². The molecule has 0 radical (unpaired) electrons. The van der Waals surface area contributed by atoms with Crippen LogP contribution in [0.25, 0.3) is 16.9 Å². The number of amides is 1. The fourth-order valence-corrected chi connectivity index (χ4v) is 4.99. The van der Waals surface area contributed by atoms with Gasteiger partial charge in [-0.1, -0.05) is 0 Å². The molecule has 1 aliphatic heterocycles. The van der Waals surface area contributed by atoms with Crippen molar-refractivity contribution in [1.82, 2.24) is 19.9 Å². The molecule has 2 unspecified atom stereocenters. The average Bonchev–Trinajstić information content (AvgIpc) is 3.74. The van der Waals surface area contributed by atoms with Crippen molar-refractivity contribution in [3.8, 4) is 5.82 Å². The molecule has 3 aromatic heterocycles. The van der Waals surface area contributed by atoms with E-state index in [0.717, 1.165) is 16.8 Å². The number of piperidine rings is 1. The summed E-state index contributed by atoms with van der Waals surface area (Å²) < 4.78 is 56.3. The molecule has 2 saturated carbocycles. The zero-order valence-electron chi connectivity index (χ0n) is 18.8. The zero-order chi connectivity index (χ0) is 25.4. The van der Waals surface area contributed by atoms with Crippen molar-refractivity contribution in [2.45, 2.75) is 37.1 Å². The van der Waals surface area contributed by atoms with Crippen molar-refractivity contribution in [2.24, 2.45) is 11.8 Å². The lowest BCUT2D eigenvalue weighted by atomic mass is 10.1. The summed E-state index contributed by atoms with van der Waals surface area (Å²) in [6.07, 6.45) is -1.02. The molecular formula is C24H21F4N5O3. The van der Waals surface area contributed by atoms with Gasteiger partial charge < -0.3 is 15.3 Å². The van der Waals surface area contributed by atoms with Crippen LogP contribution in [0.2, 0.25) is 0 Å². The van der Waals surface area contributed by atoms with Gasteiger partial charge in [-0.25, -0.2) is 14.4 Å². The topological polar surface area (TPSA) is 100 Å². The van der Waals surface area contributed by atoms with Crippen LogP contribution in [0.4, 0.5) is 23.4 Å². The molecule has 1 saturated heterocycles. The van der Waals surface area contributed by atoms with Crippen molar-refractivity contribution >= 4 is 22.8 Å². The summed E-state index contributed by atoms with van der Waals surface area (Å²) in [6, 6.07) is 3.36. The van der Waals surface area contributed by atoms with Crippen LogP contribution in [0.3, 0.4) is 0 Å². The Morgan fingerprint density at radius 3 is 2.67 bits per heavy atom. The van der Waals surface area contributed by atoms with Gasteiger partial charge >= 0.3 is 6.18 Å². The molecule has 0 aromatic carbocycles. The first-order chi connectivity index (χ1) is 17.0. The monoisotopic (exact) mass is 503 g/mol. The van der Waals surface area contributed by atoms with Gasteiger partial charge in [0.15, 0.2) is 17.3 Å². The zero-order valence-corrected chi connectivity index (χ0v) is 18.8. The number of nitrogens with one attached hydrogen (secondary N) is 1. The molecule has 36 heavy (non-hydrogen) atoms. The highest BCUT2D eigenvalue weighted by atomic mass is 19.4. The number of β-amino-alcohol motifs (C(OH)–C–C–N with tert-alkyl or cyclic N) is 1. The van der Waals surface area contributed by atoms with Crippen molar-refractivity contribution in [1.29, 1.82) is 0 Å². The molecule has 3 atom stereocenters. The second kappa shape index (κ2) is 7.73. The van der Waals surface area contributed by atoms with Crippen LogP contribution in [-0.2, 0) is 0 Å². The SMILES string of the molecule is O=C(NC(C1CC1)C(F)(F)F)c1cn(-c2ncccc2F)c2nc(N3CC4C[C@@]4(O)C3)ccc2c1=O. The van der Waals surface area contributed by atoms with Crippen molar-refractivity contribution in [2.75, 3.05) is 18.0 Å². The minimum absolute atomic E-state index is 0.00576. The Bertz CT molecular complexity index is 1450. The maximum absolute atomic E-state index is 14.7. The highest BCUT2D eigenvalue weighted by molar-refractivity contribution is 5.97. The molecule has 0 spiro atoms. The minimum Gasteiger partial charge on any atom is -0.388 e. The van der Waals surface area contributed by atoms with E-state index in [1.807, 2.05) is 10.2 Å². The summed E-state index contributed by atoms with van der Waals surface area (Å²) >= 11 is 0. The number of hydrogen-bond donors (Lipinski definition) is 2. The molecule has 0 bridgehead atoms. The lowest BCUT2D eigenvalue weighted by molar-refractivity contribution is -0.158. The first-order valence-electron chi connectivity index (χ1n) is 11.6. The second-order valence-electron chi connectivity index (χ2n) is 9.81. The van der Waals surface area contributed by atoms with Crippen LogP contribution in [0.1, 0.15) is 29.6 Å². The number of pyridine rings is 3. The van der Waals surface area contributed by atoms with Crippen LogP contribution < -0.4 is 15.6 Å². The van der Waals surface area contributed by atoms with Gasteiger partial charge in [-0.15, -0.1) is 0 Å². The highest BCUT2D eigenvalue weighted by Crippen LogP contribution is 2.50. The molecule has 4 heterocycles. The smallest absolute Gasteiger partial charge is 0.388 e. The van der Waals surface area contributed by atoms with Crippen molar-refractivity contribution < 1.29 is 27.5 Å². The van der Waals surface area contributed by atoms with Crippen LogP contribution >= 0.6 is 0 Å². The molecular weight excluding hydrogens is 482 g/mol. The summed E-state index contributed by atoms with van der Waals surface area (Å²) in [7, 11) is 0. The van der Waals surface area contributed by atoms with Crippen molar-refractivity contribution in [3.05, 3.63) is 58.3 Å². The third-order valence-electron chi connectivity index (χ3n) is 7.21. The van der Waals surface area contributed by atoms with Crippen LogP contribution in [0.15, 0.2) is 41.5 Å². The van der Waals surface area contributed by atoms with E-state index in [1.54, 1.807) is 6.07 Å². The van der Waals surface area contributed by atoms with E-state index in [0.29, 0.717) is 38.2 Å². The lowest BCUT2D eigenvalue weighted by Gasteiger charge is -2.22. The van der Waals surface area contributed by atoms with E-state index in [2.05, 4.69) is 9.97 Å². The van der Waals surface area contributed by atoms with E-state index in [1.165, 1.54) is 18.3 Å². The maximum Gasteiger partial charge on any atom is 0.408 e. The normalized spacial score (nSPS) is 24.0. The molecule has 2 aliphatic carbocycles. The summed E-state index contributed by atoms with van der Waals surface area (Å²) in [4.78, 5) is 36.5. The van der Waals surface area contributed by atoms with E-state index >= 15 is 0 Å². The number of carbonyl (C=O) groups is 1. The molecule has 12 heteroatoms. The average molecular weight is 503 g/mol. The number of alkyl halides is 3. The molecule has 3 aromatic rings. The molecule has 3 aliphatic rings. The number of halogens is 4. The lowest BCUT2D eigenvalue weighted by Crippen LogP contribution is -2.48. The summed E-state index contributed by atoms with van der Waals surface area (Å²) in [5, 5.41) is 12.3. The van der Waals surface area contributed by atoms with E-state index < -0.39 is 46.5 Å². The highest BCUT2D eigenvalue weighted by Gasteiger charge is 2.59. The summed E-state index contributed by atoms with van der Waals surface area (Å²) in [5.74, 6) is -2.41. The van der Waals surface area contributed by atoms with E-state index in [4.69, 9.17) is 0 Å². The van der Waals surface area contributed by atoms with Crippen LogP contribution in [-0.4, -0.2) is 56.5 Å². The fourth-order valence-electron chi connectivity index (χ4n) is 4.99. The molecule has 188 valence electrons. The van der Waals surface area contributed by atoms with Gasteiger partial charge in [-0.3, -0.25) is 14.2 Å². The first-order valence-corrected chi connectivity index (χ1v) is 11.6. The molecule has 8 nitrogen and oxygen atoms in total. The Labute approximate surface area is 201 Å². The molecule has 2 N–H and O–H groups in total. The van der Waals surface area contributed by atoms with Gasteiger partial charge in [0, 0.05) is 31.4 Å². The number of carbonyl (C=O) groups excluding carboxylic acids is 1. The Morgan fingerprint density at radius 2 is 2.03 bits per heavy atom. The van der Waals surface area contributed by atoms with E-state index in [-0.39, 0.29) is 22.8 Å². The predicted octanol–water partition coefficient (Wildman–Crippen LogP) is 2.56. The van der Waals surface area contributed by atoms with E-state index in [9.17, 15) is 32.3 Å². The van der Waals surface area contributed by atoms with Gasteiger partial charge in [0.2, 0.25) is 5.43 Å². The number of hydrogen-bond acceptors (Lipinski definition) is 6. The first kappa shape index (κ1) is 22.9. The maximum atomic E-state index is 14.7. The van der Waals surface area contributed by atoms with Gasteiger partial charge in [-0.05, 0) is 49.4 Å². The number of fused-ring (bicyclic) bond motifs is 2.